The molecule has 4 heterocycles. The first-order valence-electron chi connectivity index (χ1n) is 10.8. The molecule has 2 saturated heterocycles. The minimum absolute atomic E-state index is 0.0481. The standard InChI is InChI=1S/C24H18Cl2FN5O2/c25-12-5-6-14-17(11-12)30-23(34)24(14)18(13-3-1-4-15(26)19(13)27)20-16(31-24)7-10-32(20)22(33)21-28-8-2-9-29-21/h1-6,8-9,11,16,18,20,31H,7,10H2,(H,30,34)/t16-,18-,20?,24+/m0/s1. The number of nitrogens with one attached hydrogen (secondary N) is 2. The van der Waals surface area contributed by atoms with Crippen LogP contribution < -0.4 is 10.6 Å². The third kappa shape index (κ3) is 2.92. The van der Waals surface area contributed by atoms with Crippen LogP contribution in [0.5, 0.6) is 0 Å². The molecule has 2 N–H and O–H groups in total. The number of aromatic nitrogens is 2. The Morgan fingerprint density at radius 3 is 2.74 bits per heavy atom. The van der Waals surface area contributed by atoms with Gasteiger partial charge < -0.3 is 10.2 Å². The second kappa shape index (κ2) is 7.73. The molecule has 1 aromatic heterocycles. The number of halogens is 3. The highest BCUT2D eigenvalue weighted by Crippen LogP contribution is 2.55. The molecule has 0 radical (unpaired) electrons. The maximum absolute atomic E-state index is 15.5. The van der Waals surface area contributed by atoms with Crippen LogP contribution in [0.15, 0.2) is 54.9 Å². The molecule has 7 nitrogen and oxygen atoms in total. The minimum Gasteiger partial charge on any atom is -0.331 e. The first kappa shape index (κ1) is 21.5. The summed E-state index contributed by atoms with van der Waals surface area (Å²) in [7, 11) is 0. The van der Waals surface area contributed by atoms with Crippen molar-refractivity contribution in [2.45, 2.75) is 30.0 Å². The number of carbonyl (C=O) groups is 2. The zero-order chi connectivity index (χ0) is 23.6. The predicted octanol–water partition coefficient (Wildman–Crippen LogP) is 3.74. The lowest BCUT2D eigenvalue weighted by molar-refractivity contribution is -0.122. The van der Waals surface area contributed by atoms with Crippen molar-refractivity contribution < 1.29 is 14.0 Å². The number of benzene rings is 2. The van der Waals surface area contributed by atoms with Crippen molar-refractivity contribution in [2.24, 2.45) is 0 Å². The predicted molar refractivity (Wildman–Crippen MR) is 124 cm³/mol. The topological polar surface area (TPSA) is 87.2 Å². The van der Waals surface area contributed by atoms with E-state index in [2.05, 4.69) is 20.6 Å². The van der Waals surface area contributed by atoms with E-state index in [4.69, 9.17) is 23.2 Å². The average molecular weight is 498 g/mol. The molecule has 6 rings (SSSR count). The van der Waals surface area contributed by atoms with Crippen molar-refractivity contribution in [3.63, 3.8) is 0 Å². The number of carbonyl (C=O) groups excluding carboxylic acids is 2. The van der Waals surface area contributed by atoms with E-state index >= 15 is 4.39 Å². The Balaban J connectivity index is 1.55. The number of nitrogens with zero attached hydrogens (tertiary/aromatic N) is 3. The van der Waals surface area contributed by atoms with Gasteiger partial charge in [-0.25, -0.2) is 14.4 Å². The molecule has 2 aromatic carbocycles. The molecular weight excluding hydrogens is 480 g/mol. The molecule has 1 unspecified atom stereocenters. The van der Waals surface area contributed by atoms with Gasteiger partial charge in [0.2, 0.25) is 11.7 Å². The van der Waals surface area contributed by atoms with E-state index < -0.39 is 23.3 Å². The van der Waals surface area contributed by atoms with Gasteiger partial charge in [0.05, 0.1) is 11.1 Å². The first-order chi connectivity index (χ1) is 16.4. The first-order valence-corrected chi connectivity index (χ1v) is 11.6. The Morgan fingerprint density at radius 2 is 1.94 bits per heavy atom. The normalized spacial score (nSPS) is 27.1. The molecule has 0 aliphatic carbocycles. The second-order valence-electron chi connectivity index (χ2n) is 8.67. The molecule has 0 saturated carbocycles. The van der Waals surface area contributed by atoms with Crippen molar-refractivity contribution in [3.8, 4) is 0 Å². The molecule has 3 aliphatic heterocycles. The molecule has 10 heteroatoms. The number of likely N-dealkylation sites (tertiary alicyclic amines) is 1. The monoisotopic (exact) mass is 497 g/mol. The summed E-state index contributed by atoms with van der Waals surface area (Å²) in [6.07, 6.45) is 3.58. The van der Waals surface area contributed by atoms with Crippen molar-refractivity contribution in [1.82, 2.24) is 20.2 Å². The molecule has 3 aromatic rings. The van der Waals surface area contributed by atoms with Gasteiger partial charge in [-0.15, -0.1) is 0 Å². The third-order valence-electron chi connectivity index (χ3n) is 7.02. The fourth-order valence-corrected chi connectivity index (χ4v) is 6.09. The lowest BCUT2D eigenvalue weighted by Crippen LogP contribution is -2.50. The van der Waals surface area contributed by atoms with Crippen LogP contribution in [0.25, 0.3) is 0 Å². The summed E-state index contributed by atoms with van der Waals surface area (Å²) >= 11 is 12.3. The Kier molecular flexibility index (Phi) is 4.88. The van der Waals surface area contributed by atoms with E-state index in [-0.39, 0.29) is 34.3 Å². The SMILES string of the molecule is O=C(c1ncccn1)N1CC[C@@H]2N[C@@]3(C(=O)Nc4cc(Cl)ccc43)[C@@H](c3cccc(Cl)c3F)C21. The van der Waals surface area contributed by atoms with E-state index in [0.717, 1.165) is 0 Å². The van der Waals surface area contributed by atoms with Crippen LogP contribution in [0.2, 0.25) is 10.0 Å². The van der Waals surface area contributed by atoms with Gasteiger partial charge in [0.1, 0.15) is 11.4 Å². The van der Waals surface area contributed by atoms with Gasteiger partial charge >= 0.3 is 0 Å². The van der Waals surface area contributed by atoms with Crippen molar-refractivity contribution >= 4 is 40.7 Å². The molecule has 3 aliphatic rings. The molecular formula is C24H18Cl2FN5O2. The lowest BCUT2D eigenvalue weighted by atomic mass is 9.74. The zero-order valence-electron chi connectivity index (χ0n) is 17.6. The highest BCUT2D eigenvalue weighted by molar-refractivity contribution is 6.31. The van der Waals surface area contributed by atoms with Crippen molar-refractivity contribution in [3.05, 3.63) is 87.7 Å². The van der Waals surface area contributed by atoms with Crippen LogP contribution >= 0.6 is 23.2 Å². The number of anilines is 1. The summed E-state index contributed by atoms with van der Waals surface area (Å²) in [5.74, 6) is -2.01. The molecule has 2 amide bonds. The molecule has 1 spiro atoms. The van der Waals surface area contributed by atoms with Gasteiger partial charge in [-0.3, -0.25) is 14.9 Å². The third-order valence-corrected chi connectivity index (χ3v) is 7.55. The summed E-state index contributed by atoms with van der Waals surface area (Å²) in [6.45, 7) is 0.420. The van der Waals surface area contributed by atoms with Crippen molar-refractivity contribution in [2.75, 3.05) is 11.9 Å². The van der Waals surface area contributed by atoms with E-state index in [1.165, 1.54) is 18.5 Å². The summed E-state index contributed by atoms with van der Waals surface area (Å²) in [4.78, 5) is 36.9. The van der Waals surface area contributed by atoms with E-state index in [9.17, 15) is 9.59 Å². The second-order valence-corrected chi connectivity index (χ2v) is 9.52. The van der Waals surface area contributed by atoms with E-state index in [1.54, 1.807) is 41.3 Å². The molecule has 4 atom stereocenters. The van der Waals surface area contributed by atoms with Gasteiger partial charge in [0, 0.05) is 47.2 Å². The molecule has 34 heavy (non-hydrogen) atoms. The molecule has 172 valence electrons. The van der Waals surface area contributed by atoms with Crippen LogP contribution in [0.4, 0.5) is 10.1 Å². The fourth-order valence-electron chi connectivity index (χ4n) is 5.74. The maximum atomic E-state index is 15.5. The fraction of sp³-hybridized carbons (Fsp3) is 0.250. The van der Waals surface area contributed by atoms with E-state index in [0.29, 0.717) is 29.2 Å². The smallest absolute Gasteiger partial charge is 0.291 e. The summed E-state index contributed by atoms with van der Waals surface area (Å²) < 4.78 is 15.5. The Hall–Kier alpha value is -3.07. The summed E-state index contributed by atoms with van der Waals surface area (Å²) in [5.41, 5.74) is 0.168. The number of hydrogen-bond acceptors (Lipinski definition) is 5. The van der Waals surface area contributed by atoms with Gasteiger partial charge in [0.25, 0.3) is 5.91 Å². The van der Waals surface area contributed by atoms with Crippen LogP contribution in [0.1, 0.15) is 34.1 Å². The summed E-state index contributed by atoms with van der Waals surface area (Å²) in [5, 5.41) is 6.81. The maximum Gasteiger partial charge on any atom is 0.291 e. The number of amides is 2. The van der Waals surface area contributed by atoms with Gasteiger partial charge in [-0.2, -0.15) is 0 Å². The zero-order valence-corrected chi connectivity index (χ0v) is 19.1. The summed E-state index contributed by atoms with van der Waals surface area (Å²) in [6, 6.07) is 10.7. The van der Waals surface area contributed by atoms with Gasteiger partial charge in [0.15, 0.2) is 0 Å². The van der Waals surface area contributed by atoms with E-state index in [1.807, 2.05) is 0 Å². The van der Waals surface area contributed by atoms with Crippen LogP contribution in [0.3, 0.4) is 0 Å². The minimum atomic E-state index is -1.31. The largest absolute Gasteiger partial charge is 0.331 e. The number of fused-ring (bicyclic) bond motifs is 3. The number of rotatable bonds is 2. The van der Waals surface area contributed by atoms with Crippen LogP contribution in [0, 0.1) is 5.82 Å². The Bertz CT molecular complexity index is 1340. The average Bonchev–Trinajstić information content (AvgIpc) is 3.47. The molecule has 2 fully saturated rings. The molecule has 0 bridgehead atoms. The van der Waals surface area contributed by atoms with Gasteiger partial charge in [-0.1, -0.05) is 41.4 Å². The Morgan fingerprint density at radius 1 is 1.15 bits per heavy atom. The highest BCUT2D eigenvalue weighted by atomic mass is 35.5. The Labute approximate surface area is 204 Å². The highest BCUT2D eigenvalue weighted by Gasteiger charge is 2.65. The van der Waals surface area contributed by atoms with Crippen LogP contribution in [-0.4, -0.2) is 45.3 Å². The quantitative estimate of drug-likeness (QED) is 0.563. The number of hydrogen-bond donors (Lipinski definition) is 2. The van der Waals surface area contributed by atoms with Gasteiger partial charge in [-0.05, 0) is 36.2 Å². The lowest BCUT2D eigenvalue weighted by Gasteiger charge is -2.36. The van der Waals surface area contributed by atoms with Crippen molar-refractivity contribution in [1.29, 1.82) is 0 Å². The van der Waals surface area contributed by atoms with Crippen LogP contribution in [-0.2, 0) is 10.3 Å².